The van der Waals surface area contributed by atoms with Crippen molar-refractivity contribution in [3.8, 4) is 0 Å². The highest BCUT2D eigenvalue weighted by atomic mass is 127. The standard InChI is InChI=1S/C18H28N4O2.HI/c1-14(13-24-3)21-18(19-2)20-12-15-7-9-16(10-8-15)22-11-5-4-6-17(22)23;/h7-10,14H,4-6,11-13H2,1-3H3,(H2,19,20,21);1H. The van der Waals surface area contributed by atoms with E-state index in [9.17, 15) is 4.79 Å². The molecular formula is C18H29IN4O2. The Hall–Kier alpha value is -1.35. The van der Waals surface area contributed by atoms with Crippen LogP contribution in [0.3, 0.4) is 0 Å². The molecule has 1 saturated heterocycles. The molecule has 140 valence electrons. The predicted octanol–water partition coefficient (Wildman–Crippen LogP) is 2.52. The lowest BCUT2D eigenvalue weighted by Crippen LogP contribution is -2.43. The second-order valence-electron chi connectivity index (χ2n) is 6.10. The molecule has 1 aromatic rings. The average molecular weight is 460 g/mol. The molecule has 7 heteroatoms. The van der Waals surface area contributed by atoms with Gasteiger partial charge in [0, 0.05) is 45.4 Å². The molecule has 1 aliphatic rings. The lowest BCUT2D eigenvalue weighted by molar-refractivity contribution is -0.119. The van der Waals surface area contributed by atoms with Gasteiger partial charge >= 0.3 is 0 Å². The molecule has 0 spiro atoms. The number of hydrogen-bond donors (Lipinski definition) is 2. The van der Waals surface area contributed by atoms with Gasteiger partial charge in [0.1, 0.15) is 0 Å². The molecule has 0 bridgehead atoms. The fraction of sp³-hybridized carbons (Fsp3) is 0.556. The number of amides is 1. The van der Waals surface area contributed by atoms with Crippen LogP contribution in [-0.4, -0.2) is 45.2 Å². The fourth-order valence-corrected chi connectivity index (χ4v) is 2.78. The van der Waals surface area contributed by atoms with E-state index in [1.54, 1.807) is 14.2 Å². The number of carbonyl (C=O) groups is 1. The van der Waals surface area contributed by atoms with Crippen LogP contribution >= 0.6 is 24.0 Å². The Kier molecular flexibility index (Phi) is 9.81. The van der Waals surface area contributed by atoms with Crippen LogP contribution < -0.4 is 15.5 Å². The van der Waals surface area contributed by atoms with E-state index in [1.807, 2.05) is 24.0 Å². The van der Waals surface area contributed by atoms with E-state index >= 15 is 0 Å². The summed E-state index contributed by atoms with van der Waals surface area (Å²) in [6, 6.07) is 8.33. The topological polar surface area (TPSA) is 66.0 Å². The summed E-state index contributed by atoms with van der Waals surface area (Å²) in [5, 5.41) is 6.55. The molecule has 1 fully saturated rings. The smallest absolute Gasteiger partial charge is 0.226 e. The number of piperidine rings is 1. The Balaban J connectivity index is 0.00000312. The van der Waals surface area contributed by atoms with E-state index in [-0.39, 0.29) is 35.9 Å². The minimum absolute atomic E-state index is 0. The van der Waals surface area contributed by atoms with Gasteiger partial charge in [0.2, 0.25) is 5.91 Å². The maximum atomic E-state index is 12.0. The van der Waals surface area contributed by atoms with Gasteiger partial charge in [-0.25, -0.2) is 0 Å². The highest BCUT2D eigenvalue weighted by Crippen LogP contribution is 2.21. The summed E-state index contributed by atoms with van der Waals surface area (Å²) < 4.78 is 5.11. The molecule has 2 rings (SSSR count). The van der Waals surface area contributed by atoms with Crippen LogP contribution in [0.1, 0.15) is 31.7 Å². The van der Waals surface area contributed by atoms with Crippen molar-refractivity contribution in [1.29, 1.82) is 0 Å². The second-order valence-corrected chi connectivity index (χ2v) is 6.10. The molecule has 1 unspecified atom stereocenters. The van der Waals surface area contributed by atoms with Gasteiger partial charge < -0.3 is 20.3 Å². The van der Waals surface area contributed by atoms with Crippen molar-refractivity contribution >= 4 is 41.5 Å². The fourth-order valence-electron chi connectivity index (χ4n) is 2.78. The summed E-state index contributed by atoms with van der Waals surface area (Å²) in [4.78, 5) is 18.1. The number of carbonyl (C=O) groups excluding carboxylic acids is 1. The van der Waals surface area contributed by atoms with Gasteiger partial charge in [-0.3, -0.25) is 9.79 Å². The quantitative estimate of drug-likeness (QED) is 0.389. The number of nitrogens with zero attached hydrogens (tertiary/aromatic N) is 2. The maximum absolute atomic E-state index is 12.0. The molecule has 2 N–H and O–H groups in total. The van der Waals surface area contributed by atoms with Gasteiger partial charge in [0.05, 0.1) is 6.61 Å². The van der Waals surface area contributed by atoms with Gasteiger partial charge in [-0.2, -0.15) is 0 Å². The van der Waals surface area contributed by atoms with E-state index in [0.717, 1.165) is 36.6 Å². The largest absolute Gasteiger partial charge is 0.383 e. The molecule has 1 amide bonds. The van der Waals surface area contributed by atoms with Crippen LogP contribution in [0, 0.1) is 0 Å². The zero-order chi connectivity index (χ0) is 17.4. The molecule has 1 heterocycles. The summed E-state index contributed by atoms with van der Waals surface area (Å²) in [5.74, 6) is 0.971. The van der Waals surface area contributed by atoms with Gasteiger partial charge in [0.25, 0.3) is 0 Å². The molecule has 0 saturated carbocycles. The number of ether oxygens (including phenoxy) is 1. The zero-order valence-electron chi connectivity index (χ0n) is 15.2. The number of anilines is 1. The first-order chi connectivity index (χ1) is 11.6. The van der Waals surface area contributed by atoms with Gasteiger partial charge in [-0.15, -0.1) is 24.0 Å². The first kappa shape index (κ1) is 21.7. The monoisotopic (exact) mass is 460 g/mol. The van der Waals surface area contributed by atoms with E-state index < -0.39 is 0 Å². The van der Waals surface area contributed by atoms with Crippen LogP contribution in [-0.2, 0) is 16.1 Å². The Labute approximate surface area is 167 Å². The molecule has 1 atom stereocenters. The minimum Gasteiger partial charge on any atom is -0.383 e. The Morgan fingerprint density at radius 1 is 1.32 bits per heavy atom. The number of aliphatic imine (C=N–C) groups is 1. The Morgan fingerprint density at radius 3 is 2.64 bits per heavy atom. The van der Waals surface area contributed by atoms with Crippen LogP contribution in [0.2, 0.25) is 0 Å². The van der Waals surface area contributed by atoms with E-state index in [0.29, 0.717) is 19.6 Å². The van der Waals surface area contributed by atoms with Gasteiger partial charge in [-0.1, -0.05) is 12.1 Å². The lowest BCUT2D eigenvalue weighted by atomic mass is 10.1. The summed E-state index contributed by atoms with van der Waals surface area (Å²) in [6.07, 6.45) is 2.74. The van der Waals surface area contributed by atoms with Crippen LogP contribution in [0.25, 0.3) is 0 Å². The number of nitrogens with one attached hydrogen (secondary N) is 2. The molecule has 0 radical (unpaired) electrons. The molecule has 0 aromatic heterocycles. The van der Waals surface area contributed by atoms with E-state index in [4.69, 9.17) is 4.74 Å². The number of guanidine groups is 1. The molecule has 6 nitrogen and oxygen atoms in total. The summed E-state index contributed by atoms with van der Waals surface area (Å²) >= 11 is 0. The number of halogens is 1. The maximum Gasteiger partial charge on any atom is 0.226 e. The Bertz CT molecular complexity index is 563. The van der Waals surface area contributed by atoms with Crippen molar-refractivity contribution in [1.82, 2.24) is 10.6 Å². The average Bonchev–Trinajstić information content (AvgIpc) is 2.60. The SMILES string of the molecule is CN=C(NCc1ccc(N2CCCCC2=O)cc1)NC(C)COC.I. The van der Waals surface area contributed by atoms with Crippen molar-refractivity contribution in [2.75, 3.05) is 32.2 Å². The molecular weight excluding hydrogens is 431 g/mol. The molecule has 1 aromatic carbocycles. The van der Waals surface area contributed by atoms with Crippen molar-refractivity contribution in [3.63, 3.8) is 0 Å². The van der Waals surface area contributed by atoms with Gasteiger partial charge in [-0.05, 0) is 37.5 Å². The number of methoxy groups -OCH3 is 1. The van der Waals surface area contributed by atoms with Crippen LogP contribution in [0.15, 0.2) is 29.3 Å². The third kappa shape index (κ3) is 6.81. The third-order valence-electron chi connectivity index (χ3n) is 4.05. The minimum atomic E-state index is 0. The number of rotatable bonds is 6. The molecule has 0 aliphatic carbocycles. The Morgan fingerprint density at radius 2 is 2.04 bits per heavy atom. The zero-order valence-corrected chi connectivity index (χ0v) is 17.6. The second kappa shape index (κ2) is 11.3. The lowest BCUT2D eigenvalue weighted by Gasteiger charge is -2.27. The normalized spacial score (nSPS) is 16.2. The summed E-state index contributed by atoms with van der Waals surface area (Å²) in [7, 11) is 3.43. The van der Waals surface area contributed by atoms with Crippen molar-refractivity contribution in [2.24, 2.45) is 4.99 Å². The predicted molar refractivity (Wildman–Crippen MR) is 113 cm³/mol. The first-order valence-electron chi connectivity index (χ1n) is 8.49. The van der Waals surface area contributed by atoms with Gasteiger partial charge in [0.15, 0.2) is 5.96 Å². The number of benzene rings is 1. The summed E-state index contributed by atoms with van der Waals surface area (Å²) in [5.41, 5.74) is 2.13. The van der Waals surface area contributed by atoms with Crippen LogP contribution in [0.5, 0.6) is 0 Å². The highest BCUT2D eigenvalue weighted by Gasteiger charge is 2.19. The highest BCUT2D eigenvalue weighted by molar-refractivity contribution is 14.0. The van der Waals surface area contributed by atoms with Crippen molar-refractivity contribution in [3.05, 3.63) is 29.8 Å². The first-order valence-corrected chi connectivity index (χ1v) is 8.49. The van der Waals surface area contributed by atoms with Crippen molar-refractivity contribution in [2.45, 2.75) is 38.8 Å². The van der Waals surface area contributed by atoms with Crippen LogP contribution in [0.4, 0.5) is 5.69 Å². The van der Waals surface area contributed by atoms with E-state index in [2.05, 4.69) is 27.8 Å². The summed E-state index contributed by atoms with van der Waals surface area (Å²) in [6.45, 7) is 4.16. The molecule has 1 aliphatic heterocycles. The third-order valence-corrected chi connectivity index (χ3v) is 4.05. The van der Waals surface area contributed by atoms with E-state index in [1.165, 1.54) is 0 Å². The molecule has 25 heavy (non-hydrogen) atoms. The number of hydrogen-bond acceptors (Lipinski definition) is 3. The van der Waals surface area contributed by atoms with Crippen molar-refractivity contribution < 1.29 is 9.53 Å².